The molecule has 0 radical (unpaired) electrons. The summed E-state index contributed by atoms with van der Waals surface area (Å²) in [6.07, 6.45) is 5.55. The van der Waals surface area contributed by atoms with E-state index in [0.29, 0.717) is 18.4 Å². The lowest BCUT2D eigenvalue weighted by Gasteiger charge is -2.26. The fourth-order valence-corrected chi connectivity index (χ4v) is 2.04. The molecule has 3 nitrogen and oxygen atoms in total. The van der Waals surface area contributed by atoms with E-state index in [2.05, 4.69) is 5.16 Å². The van der Waals surface area contributed by atoms with Gasteiger partial charge in [-0.15, -0.1) is 0 Å². The fourth-order valence-electron chi connectivity index (χ4n) is 2.04. The number of ether oxygens (including phenoxy) is 1. The van der Waals surface area contributed by atoms with Crippen molar-refractivity contribution >= 4 is 5.90 Å². The molecule has 1 fully saturated rings. The Morgan fingerprint density at radius 1 is 1.33 bits per heavy atom. The second kappa shape index (κ2) is 3.33. The van der Waals surface area contributed by atoms with Crippen LogP contribution in [0.1, 0.15) is 32.6 Å². The van der Waals surface area contributed by atoms with Crippen molar-refractivity contribution in [1.82, 2.24) is 0 Å². The zero-order chi connectivity index (χ0) is 8.39. The zero-order valence-corrected chi connectivity index (χ0v) is 7.45. The van der Waals surface area contributed by atoms with Crippen LogP contribution in [0.2, 0.25) is 0 Å². The van der Waals surface area contributed by atoms with Crippen LogP contribution in [0, 0.1) is 5.92 Å². The maximum Gasteiger partial charge on any atom is 0.222 e. The Hall–Kier alpha value is -0.730. The summed E-state index contributed by atoms with van der Waals surface area (Å²) >= 11 is 0. The van der Waals surface area contributed by atoms with E-state index in [1.165, 1.54) is 25.7 Å². The van der Waals surface area contributed by atoms with E-state index in [0.717, 1.165) is 0 Å². The molecule has 68 valence electrons. The molecule has 3 heteroatoms. The highest BCUT2D eigenvalue weighted by atomic mass is 16.7. The Morgan fingerprint density at radius 2 is 2.08 bits per heavy atom. The summed E-state index contributed by atoms with van der Waals surface area (Å²) in [4.78, 5) is 5.07. The molecule has 1 aliphatic heterocycles. The van der Waals surface area contributed by atoms with Gasteiger partial charge in [0.2, 0.25) is 5.90 Å². The first kappa shape index (κ1) is 7.90. The van der Waals surface area contributed by atoms with Crippen molar-refractivity contribution in [3.63, 3.8) is 0 Å². The fraction of sp³-hybridized carbons (Fsp3) is 0.889. The first-order chi connectivity index (χ1) is 5.86. The summed E-state index contributed by atoms with van der Waals surface area (Å²) in [5.41, 5.74) is 0. The molecular formula is C9H15NO2. The van der Waals surface area contributed by atoms with Gasteiger partial charge in [-0.05, 0) is 18.8 Å². The molecule has 0 aromatic carbocycles. The van der Waals surface area contributed by atoms with Gasteiger partial charge in [0, 0.05) is 6.92 Å². The molecule has 0 aromatic heterocycles. The third-order valence-electron chi connectivity index (χ3n) is 2.68. The lowest BCUT2D eigenvalue weighted by atomic mass is 10.0. The molecule has 1 heterocycles. The monoisotopic (exact) mass is 169 g/mol. The standard InChI is InChI=1S/C9H15NO2/c1-7-10-11-6-9(12-7)8-4-2-3-5-8/h8-9H,2-6H2,1H3. The van der Waals surface area contributed by atoms with Crippen molar-refractivity contribution in [2.24, 2.45) is 11.1 Å². The molecule has 1 saturated carbocycles. The lowest BCUT2D eigenvalue weighted by molar-refractivity contribution is -0.0182. The van der Waals surface area contributed by atoms with Crippen LogP contribution in [-0.2, 0) is 9.57 Å². The largest absolute Gasteiger partial charge is 0.471 e. The smallest absolute Gasteiger partial charge is 0.222 e. The third kappa shape index (κ3) is 1.54. The van der Waals surface area contributed by atoms with E-state index in [4.69, 9.17) is 9.57 Å². The predicted molar refractivity (Wildman–Crippen MR) is 45.9 cm³/mol. The molecular weight excluding hydrogens is 154 g/mol. The van der Waals surface area contributed by atoms with Crippen LogP contribution < -0.4 is 0 Å². The van der Waals surface area contributed by atoms with Gasteiger partial charge in [-0.1, -0.05) is 18.0 Å². The molecule has 0 saturated heterocycles. The molecule has 0 spiro atoms. The maximum atomic E-state index is 5.60. The van der Waals surface area contributed by atoms with Crippen LogP contribution in [-0.4, -0.2) is 18.6 Å². The highest BCUT2D eigenvalue weighted by molar-refractivity contribution is 5.72. The summed E-state index contributed by atoms with van der Waals surface area (Å²) in [6.45, 7) is 2.49. The topological polar surface area (TPSA) is 30.8 Å². The van der Waals surface area contributed by atoms with Gasteiger partial charge in [-0.3, -0.25) is 0 Å². The average Bonchev–Trinajstić information content (AvgIpc) is 2.56. The Labute approximate surface area is 72.7 Å². The predicted octanol–water partition coefficient (Wildman–Crippen LogP) is 1.93. The quantitative estimate of drug-likeness (QED) is 0.600. The Kier molecular flexibility index (Phi) is 2.19. The van der Waals surface area contributed by atoms with E-state index in [1.54, 1.807) is 0 Å². The summed E-state index contributed by atoms with van der Waals surface area (Å²) in [7, 11) is 0. The van der Waals surface area contributed by atoms with Crippen molar-refractivity contribution in [2.45, 2.75) is 38.7 Å². The molecule has 1 aliphatic carbocycles. The molecule has 2 aliphatic rings. The summed E-state index contributed by atoms with van der Waals surface area (Å²) in [6, 6.07) is 0. The molecule has 2 rings (SSSR count). The SMILES string of the molecule is CC1=NOCC(C2CCCC2)O1. The average molecular weight is 169 g/mol. The van der Waals surface area contributed by atoms with Gasteiger partial charge in [0.05, 0.1) is 0 Å². The van der Waals surface area contributed by atoms with Crippen LogP contribution in [0.5, 0.6) is 0 Å². The van der Waals surface area contributed by atoms with Crippen molar-refractivity contribution < 1.29 is 9.57 Å². The molecule has 1 unspecified atom stereocenters. The second-order valence-corrected chi connectivity index (χ2v) is 3.61. The van der Waals surface area contributed by atoms with Crippen molar-refractivity contribution in [3.8, 4) is 0 Å². The van der Waals surface area contributed by atoms with E-state index < -0.39 is 0 Å². The van der Waals surface area contributed by atoms with Gasteiger partial charge in [0.15, 0.2) is 6.61 Å². The molecule has 1 atom stereocenters. The number of hydrogen-bond acceptors (Lipinski definition) is 3. The van der Waals surface area contributed by atoms with Gasteiger partial charge in [-0.25, -0.2) is 0 Å². The second-order valence-electron chi connectivity index (χ2n) is 3.61. The lowest BCUT2D eigenvalue weighted by Crippen LogP contribution is -2.32. The van der Waals surface area contributed by atoms with Crippen LogP contribution in [0.25, 0.3) is 0 Å². The molecule has 0 amide bonds. The Balaban J connectivity index is 1.91. The van der Waals surface area contributed by atoms with Crippen LogP contribution in [0.4, 0.5) is 0 Å². The van der Waals surface area contributed by atoms with Gasteiger partial charge >= 0.3 is 0 Å². The zero-order valence-electron chi connectivity index (χ0n) is 7.45. The first-order valence-corrected chi connectivity index (χ1v) is 4.69. The Bertz CT molecular complexity index is 185. The van der Waals surface area contributed by atoms with Crippen molar-refractivity contribution in [3.05, 3.63) is 0 Å². The van der Waals surface area contributed by atoms with Crippen LogP contribution >= 0.6 is 0 Å². The van der Waals surface area contributed by atoms with Crippen LogP contribution in [0.3, 0.4) is 0 Å². The number of oxime groups is 1. The van der Waals surface area contributed by atoms with Gasteiger partial charge in [0.25, 0.3) is 0 Å². The van der Waals surface area contributed by atoms with Crippen molar-refractivity contribution in [2.75, 3.05) is 6.61 Å². The Morgan fingerprint density at radius 3 is 2.75 bits per heavy atom. The van der Waals surface area contributed by atoms with E-state index >= 15 is 0 Å². The summed E-state index contributed by atoms with van der Waals surface area (Å²) < 4.78 is 5.60. The molecule has 0 N–H and O–H groups in total. The minimum Gasteiger partial charge on any atom is -0.471 e. The molecule has 0 aromatic rings. The van der Waals surface area contributed by atoms with E-state index in [9.17, 15) is 0 Å². The highest BCUT2D eigenvalue weighted by Gasteiger charge is 2.29. The van der Waals surface area contributed by atoms with E-state index in [1.807, 2.05) is 6.92 Å². The number of rotatable bonds is 1. The maximum absolute atomic E-state index is 5.60. The van der Waals surface area contributed by atoms with Gasteiger partial charge < -0.3 is 9.57 Å². The molecule has 12 heavy (non-hydrogen) atoms. The van der Waals surface area contributed by atoms with Gasteiger partial charge in [-0.2, -0.15) is 0 Å². The first-order valence-electron chi connectivity index (χ1n) is 4.69. The minimum absolute atomic E-state index is 0.269. The minimum atomic E-state index is 0.269. The van der Waals surface area contributed by atoms with Gasteiger partial charge in [0.1, 0.15) is 6.10 Å². The number of hydrogen-bond donors (Lipinski definition) is 0. The highest BCUT2D eigenvalue weighted by Crippen LogP contribution is 2.30. The molecule has 0 bridgehead atoms. The summed E-state index contributed by atoms with van der Waals surface area (Å²) in [5, 5.41) is 3.75. The third-order valence-corrected chi connectivity index (χ3v) is 2.68. The normalized spacial score (nSPS) is 30.8. The summed E-state index contributed by atoms with van der Waals surface area (Å²) in [5.74, 6) is 1.38. The van der Waals surface area contributed by atoms with Crippen LogP contribution in [0.15, 0.2) is 5.16 Å². The van der Waals surface area contributed by atoms with E-state index in [-0.39, 0.29) is 6.10 Å². The van der Waals surface area contributed by atoms with Crippen molar-refractivity contribution in [1.29, 1.82) is 0 Å². The number of nitrogens with zero attached hydrogens (tertiary/aromatic N) is 1.